The molecule has 0 fully saturated rings. The summed E-state index contributed by atoms with van der Waals surface area (Å²) in [6, 6.07) is 23.7. The van der Waals surface area contributed by atoms with Gasteiger partial charge < -0.3 is 9.74 Å². The molecule has 0 aromatic heterocycles. The molecule has 1 atom stereocenters. The lowest BCUT2D eigenvalue weighted by atomic mass is 10.0. The molecule has 3 aromatic rings. The van der Waals surface area contributed by atoms with Crippen molar-refractivity contribution in [3.63, 3.8) is 0 Å². The third-order valence-corrected chi connectivity index (χ3v) is 5.12. The second kappa shape index (κ2) is 8.91. The Bertz CT molecular complexity index is 1050. The minimum absolute atomic E-state index is 0.231. The number of carbonyl (C=O) groups excluding carboxylic acids is 1. The maximum absolute atomic E-state index is 13.7. The van der Waals surface area contributed by atoms with Crippen molar-refractivity contribution in [2.24, 2.45) is 5.16 Å². The SMILES string of the molecule is Cc1ccc(C2=NOC(CN(Cc3ccccc3)C(=O)c3cccc(F)c3)C2)cc1. The molecule has 1 unspecified atom stereocenters. The number of carbonyl (C=O) groups is 1. The minimum atomic E-state index is -0.428. The van der Waals surface area contributed by atoms with Gasteiger partial charge in [0.25, 0.3) is 5.91 Å². The zero-order chi connectivity index (χ0) is 20.9. The predicted molar refractivity (Wildman–Crippen MR) is 115 cm³/mol. The van der Waals surface area contributed by atoms with Crippen molar-refractivity contribution in [1.82, 2.24) is 4.90 Å². The molecule has 1 amide bonds. The van der Waals surface area contributed by atoms with Crippen LogP contribution in [0.1, 0.15) is 33.5 Å². The van der Waals surface area contributed by atoms with E-state index < -0.39 is 5.82 Å². The van der Waals surface area contributed by atoms with Crippen molar-refractivity contribution in [1.29, 1.82) is 0 Å². The first-order valence-electron chi connectivity index (χ1n) is 9.97. The van der Waals surface area contributed by atoms with Crippen LogP contribution in [0, 0.1) is 12.7 Å². The normalized spacial score (nSPS) is 15.4. The van der Waals surface area contributed by atoms with Crippen LogP contribution in [0.3, 0.4) is 0 Å². The van der Waals surface area contributed by atoms with E-state index in [9.17, 15) is 9.18 Å². The summed E-state index contributed by atoms with van der Waals surface area (Å²) in [6.45, 7) is 2.82. The highest BCUT2D eigenvalue weighted by molar-refractivity contribution is 6.01. The van der Waals surface area contributed by atoms with Gasteiger partial charge in [-0.05, 0) is 36.2 Å². The van der Waals surface area contributed by atoms with Crippen LogP contribution in [0.25, 0.3) is 0 Å². The molecule has 0 spiro atoms. The second-order valence-corrected chi connectivity index (χ2v) is 7.52. The molecule has 152 valence electrons. The Kier molecular flexibility index (Phi) is 5.89. The van der Waals surface area contributed by atoms with E-state index in [4.69, 9.17) is 4.84 Å². The summed E-state index contributed by atoms with van der Waals surface area (Å²) in [5, 5.41) is 4.24. The van der Waals surface area contributed by atoms with Gasteiger partial charge in [0, 0.05) is 18.5 Å². The van der Waals surface area contributed by atoms with Crippen molar-refractivity contribution in [2.75, 3.05) is 6.54 Å². The van der Waals surface area contributed by atoms with Gasteiger partial charge in [-0.3, -0.25) is 4.79 Å². The van der Waals surface area contributed by atoms with Crippen molar-refractivity contribution in [2.45, 2.75) is 26.0 Å². The molecule has 3 aromatic carbocycles. The number of hydrogen-bond donors (Lipinski definition) is 0. The van der Waals surface area contributed by atoms with Gasteiger partial charge in [0.1, 0.15) is 5.82 Å². The quantitative estimate of drug-likeness (QED) is 0.584. The van der Waals surface area contributed by atoms with Gasteiger partial charge >= 0.3 is 0 Å². The molecular weight excluding hydrogens is 379 g/mol. The fourth-order valence-corrected chi connectivity index (χ4v) is 3.52. The standard InChI is InChI=1S/C25H23FN2O2/c1-18-10-12-20(13-11-18)24-15-23(30-27-24)17-28(16-19-6-3-2-4-7-19)25(29)21-8-5-9-22(26)14-21/h2-14,23H,15-17H2,1H3. The summed E-state index contributed by atoms with van der Waals surface area (Å²) < 4.78 is 13.7. The smallest absolute Gasteiger partial charge is 0.254 e. The summed E-state index contributed by atoms with van der Waals surface area (Å²) in [5.41, 5.74) is 4.40. The zero-order valence-corrected chi connectivity index (χ0v) is 16.8. The summed E-state index contributed by atoms with van der Waals surface area (Å²) >= 11 is 0. The van der Waals surface area contributed by atoms with E-state index >= 15 is 0 Å². The maximum atomic E-state index is 13.7. The highest BCUT2D eigenvalue weighted by Gasteiger charge is 2.27. The Morgan fingerprint density at radius 3 is 2.57 bits per heavy atom. The van der Waals surface area contributed by atoms with Crippen LogP contribution in [0.2, 0.25) is 0 Å². The maximum Gasteiger partial charge on any atom is 0.254 e. The number of oxime groups is 1. The van der Waals surface area contributed by atoms with E-state index in [0.717, 1.165) is 16.8 Å². The first kappa shape index (κ1) is 19.8. The number of amides is 1. The number of nitrogens with zero attached hydrogens (tertiary/aromatic N) is 2. The largest absolute Gasteiger partial charge is 0.390 e. The van der Waals surface area contributed by atoms with Crippen LogP contribution >= 0.6 is 0 Å². The van der Waals surface area contributed by atoms with Gasteiger partial charge in [-0.1, -0.05) is 71.4 Å². The first-order chi connectivity index (χ1) is 14.6. The van der Waals surface area contributed by atoms with E-state index in [1.54, 1.807) is 17.0 Å². The van der Waals surface area contributed by atoms with Crippen LogP contribution in [-0.4, -0.2) is 29.2 Å². The lowest BCUT2D eigenvalue weighted by molar-refractivity contribution is 0.0405. The molecule has 4 nitrogen and oxygen atoms in total. The molecule has 0 saturated carbocycles. The average molecular weight is 402 g/mol. The molecule has 1 aliphatic heterocycles. The summed E-state index contributed by atoms with van der Waals surface area (Å²) in [7, 11) is 0. The fraction of sp³-hybridized carbons (Fsp3) is 0.200. The number of benzene rings is 3. The average Bonchev–Trinajstić information content (AvgIpc) is 3.22. The van der Waals surface area contributed by atoms with E-state index in [-0.39, 0.29) is 12.0 Å². The molecule has 1 heterocycles. The Balaban J connectivity index is 1.50. The second-order valence-electron chi connectivity index (χ2n) is 7.52. The van der Waals surface area contributed by atoms with E-state index in [1.807, 2.05) is 61.5 Å². The van der Waals surface area contributed by atoms with Gasteiger partial charge in [0.05, 0.1) is 12.3 Å². The van der Waals surface area contributed by atoms with E-state index in [1.165, 1.54) is 17.7 Å². The molecule has 30 heavy (non-hydrogen) atoms. The van der Waals surface area contributed by atoms with E-state index in [0.29, 0.717) is 25.1 Å². The van der Waals surface area contributed by atoms with Crippen LogP contribution in [0.4, 0.5) is 4.39 Å². The van der Waals surface area contributed by atoms with Gasteiger partial charge in [-0.2, -0.15) is 0 Å². The van der Waals surface area contributed by atoms with Crippen molar-refractivity contribution < 1.29 is 14.0 Å². The van der Waals surface area contributed by atoms with Gasteiger partial charge in [0.15, 0.2) is 6.10 Å². The van der Waals surface area contributed by atoms with Crippen LogP contribution in [0.15, 0.2) is 84.0 Å². The highest BCUT2D eigenvalue weighted by Crippen LogP contribution is 2.20. The number of rotatable bonds is 6. The molecule has 0 N–H and O–H groups in total. The van der Waals surface area contributed by atoms with Crippen LogP contribution in [-0.2, 0) is 11.4 Å². The molecule has 0 radical (unpaired) electrons. The Morgan fingerprint density at radius 2 is 1.83 bits per heavy atom. The Hall–Kier alpha value is -3.47. The third kappa shape index (κ3) is 4.74. The number of halogens is 1. The molecule has 0 saturated heterocycles. The Morgan fingerprint density at radius 1 is 1.07 bits per heavy atom. The van der Waals surface area contributed by atoms with Crippen LogP contribution in [0.5, 0.6) is 0 Å². The van der Waals surface area contributed by atoms with Gasteiger partial charge in [-0.25, -0.2) is 4.39 Å². The molecule has 4 rings (SSSR count). The van der Waals surface area contributed by atoms with Crippen LogP contribution < -0.4 is 0 Å². The minimum Gasteiger partial charge on any atom is -0.390 e. The molecule has 0 bridgehead atoms. The highest BCUT2D eigenvalue weighted by atomic mass is 19.1. The van der Waals surface area contributed by atoms with Gasteiger partial charge in [-0.15, -0.1) is 0 Å². The molecular formula is C25H23FN2O2. The number of hydrogen-bond acceptors (Lipinski definition) is 3. The van der Waals surface area contributed by atoms with Crippen molar-refractivity contribution >= 4 is 11.6 Å². The summed E-state index contributed by atoms with van der Waals surface area (Å²) in [5.74, 6) is -0.659. The summed E-state index contributed by atoms with van der Waals surface area (Å²) in [4.78, 5) is 20.5. The molecule has 1 aliphatic rings. The lowest BCUT2D eigenvalue weighted by Gasteiger charge is -2.25. The first-order valence-corrected chi connectivity index (χ1v) is 9.97. The monoisotopic (exact) mass is 402 g/mol. The fourth-order valence-electron chi connectivity index (χ4n) is 3.52. The summed E-state index contributed by atoms with van der Waals surface area (Å²) in [6.07, 6.45) is 0.368. The predicted octanol–water partition coefficient (Wildman–Crippen LogP) is 4.97. The number of aryl methyl sites for hydroxylation is 1. The molecule has 5 heteroatoms. The Labute approximate surface area is 175 Å². The van der Waals surface area contributed by atoms with Crippen molar-refractivity contribution in [3.05, 3.63) is 107 Å². The third-order valence-electron chi connectivity index (χ3n) is 5.12. The molecule has 0 aliphatic carbocycles. The van der Waals surface area contributed by atoms with E-state index in [2.05, 4.69) is 5.16 Å². The topological polar surface area (TPSA) is 41.9 Å². The van der Waals surface area contributed by atoms with Gasteiger partial charge in [0.2, 0.25) is 0 Å². The lowest BCUT2D eigenvalue weighted by Crippen LogP contribution is -2.37. The van der Waals surface area contributed by atoms with Crippen molar-refractivity contribution in [3.8, 4) is 0 Å². The zero-order valence-electron chi connectivity index (χ0n) is 16.8.